The number of likely N-dealkylation sites (N-methyl/N-ethyl adjacent to an activating group) is 1. The molecule has 0 saturated carbocycles. The lowest BCUT2D eigenvalue weighted by atomic mass is 10.2. The van der Waals surface area contributed by atoms with Crippen LogP contribution in [0.2, 0.25) is 0 Å². The quantitative estimate of drug-likeness (QED) is 0.860. The molecule has 0 aromatic heterocycles. The first kappa shape index (κ1) is 15.9. The van der Waals surface area contributed by atoms with Gasteiger partial charge in [0, 0.05) is 17.6 Å². The van der Waals surface area contributed by atoms with Crippen LogP contribution in [0.1, 0.15) is 5.56 Å². The van der Waals surface area contributed by atoms with E-state index in [0.29, 0.717) is 5.56 Å². The Morgan fingerprint density at radius 2 is 1.91 bits per heavy atom. The third-order valence-electron chi connectivity index (χ3n) is 3.20. The van der Waals surface area contributed by atoms with Crippen LogP contribution in [0.25, 0.3) is 0 Å². The summed E-state index contributed by atoms with van der Waals surface area (Å²) in [5.74, 6) is -0.0756. The van der Waals surface area contributed by atoms with Crippen LogP contribution in [0.4, 0.5) is 11.4 Å². The van der Waals surface area contributed by atoms with Crippen molar-refractivity contribution in [2.45, 2.75) is 4.90 Å². The van der Waals surface area contributed by atoms with Crippen LogP contribution in [0, 0.1) is 11.3 Å². The zero-order valence-electron chi connectivity index (χ0n) is 12.5. The number of para-hydroxylation sites is 1. The van der Waals surface area contributed by atoms with E-state index in [1.54, 1.807) is 23.9 Å². The van der Waals surface area contributed by atoms with Crippen LogP contribution in [0.3, 0.4) is 0 Å². The molecule has 0 radical (unpaired) electrons. The number of nitrogens with zero attached hydrogens (tertiary/aromatic N) is 2. The first-order chi connectivity index (χ1) is 10.6. The minimum Gasteiger partial charge on any atom is -0.365 e. The van der Waals surface area contributed by atoms with Crippen LogP contribution in [0.5, 0.6) is 0 Å². The second-order valence-electron chi connectivity index (χ2n) is 4.76. The summed E-state index contributed by atoms with van der Waals surface area (Å²) in [6.45, 7) is 0.245. The summed E-state index contributed by atoms with van der Waals surface area (Å²) < 4.78 is 0. The highest BCUT2D eigenvalue weighted by molar-refractivity contribution is 7.98. The van der Waals surface area contributed by atoms with Crippen LogP contribution in [-0.2, 0) is 4.79 Å². The highest BCUT2D eigenvalue weighted by Crippen LogP contribution is 2.24. The number of nitrogens with one attached hydrogen (secondary N) is 1. The fourth-order valence-corrected chi connectivity index (χ4v) is 2.59. The lowest BCUT2D eigenvalue weighted by Gasteiger charge is -2.19. The minimum atomic E-state index is -0.0756. The molecule has 22 heavy (non-hydrogen) atoms. The second kappa shape index (κ2) is 7.53. The maximum absolute atomic E-state index is 12.2. The van der Waals surface area contributed by atoms with Gasteiger partial charge in [-0.2, -0.15) is 5.26 Å². The van der Waals surface area contributed by atoms with Gasteiger partial charge in [0.1, 0.15) is 0 Å². The number of amides is 1. The van der Waals surface area contributed by atoms with Gasteiger partial charge in [-0.15, -0.1) is 11.8 Å². The lowest BCUT2D eigenvalue weighted by molar-refractivity contribution is -0.114. The summed E-state index contributed by atoms with van der Waals surface area (Å²) in [6, 6.07) is 17.0. The van der Waals surface area contributed by atoms with Crippen molar-refractivity contribution in [3.05, 3.63) is 54.1 Å². The Bertz CT molecular complexity index is 692. The van der Waals surface area contributed by atoms with Crippen molar-refractivity contribution >= 4 is 29.0 Å². The number of nitriles is 1. The average Bonchev–Trinajstić information content (AvgIpc) is 2.55. The summed E-state index contributed by atoms with van der Waals surface area (Å²) in [5.41, 5.74) is 2.33. The van der Waals surface area contributed by atoms with E-state index in [9.17, 15) is 4.79 Å². The predicted molar refractivity (Wildman–Crippen MR) is 91.3 cm³/mol. The van der Waals surface area contributed by atoms with Gasteiger partial charge in [0.05, 0.1) is 23.9 Å². The minimum absolute atomic E-state index is 0.0756. The highest BCUT2D eigenvalue weighted by atomic mass is 32.2. The fourth-order valence-electron chi connectivity index (χ4n) is 2.03. The van der Waals surface area contributed by atoms with Gasteiger partial charge in [-0.1, -0.05) is 12.1 Å². The second-order valence-corrected chi connectivity index (χ2v) is 5.61. The van der Waals surface area contributed by atoms with Gasteiger partial charge in [0.2, 0.25) is 5.91 Å². The summed E-state index contributed by atoms with van der Waals surface area (Å²) in [7, 11) is 1.85. The van der Waals surface area contributed by atoms with Crippen molar-refractivity contribution in [2.24, 2.45) is 0 Å². The average molecular weight is 311 g/mol. The number of carbonyl (C=O) groups excluding carboxylic acids is 1. The number of carbonyl (C=O) groups is 1. The maximum atomic E-state index is 12.2. The molecule has 5 heteroatoms. The van der Waals surface area contributed by atoms with Crippen LogP contribution < -0.4 is 10.2 Å². The number of hydrogen-bond donors (Lipinski definition) is 1. The molecule has 0 atom stereocenters. The van der Waals surface area contributed by atoms with Crippen molar-refractivity contribution in [1.82, 2.24) is 0 Å². The molecular formula is C17H17N3OS. The standard InChI is InChI=1S/C17H17N3OS/c1-20(14-9-7-13(11-18)8-10-14)12-17(21)19-15-5-3-4-6-16(15)22-2/h3-10H,12H2,1-2H3,(H,19,21). The van der Waals surface area contributed by atoms with Crippen molar-refractivity contribution in [2.75, 3.05) is 30.1 Å². The Labute approximate surface area is 134 Å². The molecule has 2 aromatic carbocycles. The maximum Gasteiger partial charge on any atom is 0.243 e. The van der Waals surface area contributed by atoms with Gasteiger partial charge in [-0.25, -0.2) is 0 Å². The Balaban J connectivity index is 2.00. The number of hydrogen-bond acceptors (Lipinski definition) is 4. The molecule has 0 heterocycles. The molecule has 4 nitrogen and oxygen atoms in total. The molecule has 1 amide bonds. The van der Waals surface area contributed by atoms with Gasteiger partial charge in [0.15, 0.2) is 0 Å². The summed E-state index contributed by atoms with van der Waals surface area (Å²) in [6.07, 6.45) is 1.98. The van der Waals surface area contributed by atoms with E-state index in [1.807, 2.05) is 54.6 Å². The molecule has 1 N–H and O–H groups in total. The third kappa shape index (κ3) is 4.03. The Morgan fingerprint density at radius 1 is 1.23 bits per heavy atom. The summed E-state index contributed by atoms with van der Waals surface area (Å²) in [5, 5.41) is 11.7. The van der Waals surface area contributed by atoms with E-state index < -0.39 is 0 Å². The first-order valence-electron chi connectivity index (χ1n) is 6.78. The molecule has 112 valence electrons. The molecule has 0 unspecified atom stereocenters. The number of thioether (sulfide) groups is 1. The lowest BCUT2D eigenvalue weighted by Crippen LogP contribution is -2.30. The van der Waals surface area contributed by atoms with E-state index in [0.717, 1.165) is 16.3 Å². The van der Waals surface area contributed by atoms with Crippen LogP contribution in [0.15, 0.2) is 53.4 Å². The van der Waals surface area contributed by atoms with Crippen molar-refractivity contribution < 1.29 is 4.79 Å². The molecular weight excluding hydrogens is 294 g/mol. The zero-order chi connectivity index (χ0) is 15.9. The van der Waals surface area contributed by atoms with Crippen LogP contribution >= 0.6 is 11.8 Å². The number of benzene rings is 2. The van der Waals surface area contributed by atoms with Crippen molar-refractivity contribution in [1.29, 1.82) is 5.26 Å². The molecule has 0 aliphatic heterocycles. The molecule has 0 bridgehead atoms. The van der Waals surface area contributed by atoms with Gasteiger partial charge >= 0.3 is 0 Å². The largest absolute Gasteiger partial charge is 0.365 e. The van der Waals surface area contributed by atoms with Gasteiger partial charge in [-0.3, -0.25) is 4.79 Å². The van der Waals surface area contributed by atoms with Crippen molar-refractivity contribution in [3.8, 4) is 6.07 Å². The molecule has 2 rings (SSSR count). The third-order valence-corrected chi connectivity index (χ3v) is 3.99. The number of rotatable bonds is 5. The Morgan fingerprint density at radius 3 is 2.55 bits per heavy atom. The Kier molecular flexibility index (Phi) is 5.45. The zero-order valence-corrected chi connectivity index (χ0v) is 13.4. The predicted octanol–water partition coefficient (Wildman–Crippen LogP) is 3.36. The van der Waals surface area contributed by atoms with E-state index in [1.165, 1.54) is 0 Å². The normalized spacial score (nSPS) is 9.86. The summed E-state index contributed by atoms with van der Waals surface area (Å²) in [4.78, 5) is 15.1. The smallest absolute Gasteiger partial charge is 0.243 e. The SMILES string of the molecule is CSc1ccccc1NC(=O)CN(C)c1ccc(C#N)cc1. The van der Waals surface area contributed by atoms with E-state index >= 15 is 0 Å². The topological polar surface area (TPSA) is 56.1 Å². The first-order valence-corrected chi connectivity index (χ1v) is 8.00. The van der Waals surface area contributed by atoms with E-state index in [-0.39, 0.29) is 12.5 Å². The summed E-state index contributed by atoms with van der Waals surface area (Å²) >= 11 is 1.60. The van der Waals surface area contributed by atoms with E-state index in [2.05, 4.69) is 11.4 Å². The van der Waals surface area contributed by atoms with Gasteiger partial charge in [-0.05, 0) is 42.7 Å². The molecule has 0 aliphatic carbocycles. The van der Waals surface area contributed by atoms with Crippen LogP contribution in [-0.4, -0.2) is 25.8 Å². The molecule has 0 fully saturated rings. The number of anilines is 2. The monoisotopic (exact) mass is 311 g/mol. The fraction of sp³-hybridized carbons (Fsp3) is 0.176. The Hall–Kier alpha value is -2.45. The van der Waals surface area contributed by atoms with Gasteiger partial charge < -0.3 is 10.2 Å². The van der Waals surface area contributed by atoms with E-state index in [4.69, 9.17) is 5.26 Å². The van der Waals surface area contributed by atoms with Crippen molar-refractivity contribution in [3.63, 3.8) is 0 Å². The van der Waals surface area contributed by atoms with Gasteiger partial charge in [0.25, 0.3) is 0 Å². The molecule has 0 saturated heterocycles. The molecule has 0 aliphatic rings. The molecule has 0 spiro atoms. The highest BCUT2D eigenvalue weighted by Gasteiger charge is 2.09. The molecule has 2 aromatic rings.